The molecular weight excluding hydrogens is 280 g/mol. The number of aryl methyl sites for hydroxylation is 1. The van der Waals surface area contributed by atoms with Crippen LogP contribution in [-0.2, 0) is 5.88 Å². The van der Waals surface area contributed by atoms with Gasteiger partial charge in [-0.3, -0.25) is 0 Å². The van der Waals surface area contributed by atoms with Gasteiger partial charge in [-0.25, -0.2) is 8.78 Å². The highest BCUT2D eigenvalue weighted by molar-refractivity contribution is 6.17. The van der Waals surface area contributed by atoms with Gasteiger partial charge in [-0.05, 0) is 43.7 Å². The minimum atomic E-state index is -0.594. The SMILES string of the molecule is CCN(c1ccc(C)cc1)c1c(F)cc(CCl)cc1F. The number of nitrogens with zero attached hydrogens (tertiary/aromatic N) is 1. The monoisotopic (exact) mass is 295 g/mol. The minimum absolute atomic E-state index is 0.0368. The zero-order valence-electron chi connectivity index (χ0n) is 11.5. The number of hydrogen-bond donors (Lipinski definition) is 0. The Morgan fingerprint density at radius 3 is 2.05 bits per heavy atom. The highest BCUT2D eigenvalue weighted by atomic mass is 35.5. The van der Waals surface area contributed by atoms with Crippen LogP contribution in [0.4, 0.5) is 20.2 Å². The summed E-state index contributed by atoms with van der Waals surface area (Å²) in [6, 6.07) is 10.1. The van der Waals surface area contributed by atoms with Crippen molar-refractivity contribution in [3.05, 3.63) is 59.2 Å². The molecule has 0 spiro atoms. The van der Waals surface area contributed by atoms with E-state index in [0.29, 0.717) is 12.1 Å². The van der Waals surface area contributed by atoms with E-state index in [-0.39, 0.29) is 11.6 Å². The van der Waals surface area contributed by atoms with Gasteiger partial charge in [0.25, 0.3) is 0 Å². The number of hydrogen-bond acceptors (Lipinski definition) is 1. The molecule has 0 bridgehead atoms. The van der Waals surface area contributed by atoms with Crippen LogP contribution in [0.15, 0.2) is 36.4 Å². The number of benzene rings is 2. The van der Waals surface area contributed by atoms with Crippen LogP contribution in [-0.4, -0.2) is 6.54 Å². The van der Waals surface area contributed by atoms with Gasteiger partial charge in [0.2, 0.25) is 0 Å². The summed E-state index contributed by atoms with van der Waals surface area (Å²) in [4.78, 5) is 1.61. The molecule has 0 atom stereocenters. The van der Waals surface area contributed by atoms with E-state index >= 15 is 0 Å². The summed E-state index contributed by atoms with van der Waals surface area (Å²) in [5.74, 6) is -1.10. The van der Waals surface area contributed by atoms with E-state index in [1.54, 1.807) is 4.90 Å². The molecule has 1 nitrogen and oxygen atoms in total. The lowest BCUT2D eigenvalue weighted by atomic mass is 10.1. The molecule has 0 aromatic heterocycles. The van der Waals surface area contributed by atoms with Gasteiger partial charge in [0, 0.05) is 18.1 Å². The van der Waals surface area contributed by atoms with Crippen LogP contribution >= 0.6 is 11.6 Å². The normalized spacial score (nSPS) is 10.7. The summed E-state index contributed by atoms with van der Waals surface area (Å²) in [6.07, 6.45) is 0. The highest BCUT2D eigenvalue weighted by Crippen LogP contribution is 2.31. The Balaban J connectivity index is 2.49. The Kier molecular flexibility index (Phi) is 4.61. The molecule has 0 amide bonds. The number of alkyl halides is 1. The van der Waals surface area contributed by atoms with Crippen molar-refractivity contribution in [3.8, 4) is 0 Å². The van der Waals surface area contributed by atoms with E-state index in [1.807, 2.05) is 38.1 Å². The molecule has 2 aromatic rings. The van der Waals surface area contributed by atoms with Crippen molar-refractivity contribution in [2.45, 2.75) is 19.7 Å². The molecule has 0 N–H and O–H groups in total. The summed E-state index contributed by atoms with van der Waals surface area (Å²) < 4.78 is 28.3. The van der Waals surface area contributed by atoms with Gasteiger partial charge in [-0.1, -0.05) is 17.7 Å². The van der Waals surface area contributed by atoms with E-state index in [0.717, 1.165) is 11.3 Å². The molecule has 0 heterocycles. The number of halogens is 3. The van der Waals surface area contributed by atoms with E-state index in [2.05, 4.69) is 0 Å². The Bertz CT molecular complexity index is 573. The van der Waals surface area contributed by atoms with Gasteiger partial charge in [-0.15, -0.1) is 11.6 Å². The Morgan fingerprint density at radius 2 is 1.60 bits per heavy atom. The summed E-state index contributed by atoms with van der Waals surface area (Å²) in [7, 11) is 0. The predicted octanol–water partition coefficient (Wildman–Crippen LogP) is 5.17. The first kappa shape index (κ1) is 14.8. The second-order valence-corrected chi connectivity index (χ2v) is 4.89. The first-order valence-corrected chi connectivity index (χ1v) is 6.98. The number of anilines is 2. The first-order chi connectivity index (χ1) is 9.56. The minimum Gasteiger partial charge on any atom is -0.337 e. The number of rotatable bonds is 4. The third-order valence-corrected chi connectivity index (χ3v) is 3.47. The summed E-state index contributed by atoms with van der Waals surface area (Å²) >= 11 is 5.62. The second kappa shape index (κ2) is 6.23. The fraction of sp³-hybridized carbons (Fsp3) is 0.250. The molecule has 0 saturated carbocycles. The standard InChI is InChI=1S/C16H16ClF2N/c1-3-20(13-6-4-11(2)5-7-13)16-14(18)8-12(10-17)9-15(16)19/h4-9H,3,10H2,1-2H3. The smallest absolute Gasteiger partial charge is 0.150 e. The molecule has 0 fully saturated rings. The topological polar surface area (TPSA) is 3.24 Å². The van der Waals surface area contributed by atoms with Crippen molar-refractivity contribution < 1.29 is 8.78 Å². The van der Waals surface area contributed by atoms with Gasteiger partial charge >= 0.3 is 0 Å². The van der Waals surface area contributed by atoms with Crippen molar-refractivity contribution >= 4 is 23.0 Å². The van der Waals surface area contributed by atoms with E-state index in [1.165, 1.54) is 12.1 Å². The van der Waals surface area contributed by atoms with Crippen molar-refractivity contribution in [2.24, 2.45) is 0 Å². The zero-order chi connectivity index (χ0) is 14.7. The van der Waals surface area contributed by atoms with Crippen LogP contribution in [0.3, 0.4) is 0 Å². The average Bonchev–Trinajstić information content (AvgIpc) is 2.43. The van der Waals surface area contributed by atoms with Gasteiger partial charge in [0.05, 0.1) is 0 Å². The molecule has 0 aliphatic heterocycles. The van der Waals surface area contributed by atoms with Crippen LogP contribution in [0.2, 0.25) is 0 Å². The summed E-state index contributed by atoms with van der Waals surface area (Å²) in [5.41, 5.74) is 2.26. The Morgan fingerprint density at radius 1 is 1.05 bits per heavy atom. The van der Waals surface area contributed by atoms with Gasteiger partial charge in [0.1, 0.15) is 17.3 Å². The van der Waals surface area contributed by atoms with Crippen molar-refractivity contribution in [2.75, 3.05) is 11.4 Å². The summed E-state index contributed by atoms with van der Waals surface area (Å²) in [5, 5.41) is 0. The van der Waals surface area contributed by atoms with Crippen molar-refractivity contribution in [1.29, 1.82) is 0 Å². The zero-order valence-corrected chi connectivity index (χ0v) is 12.2. The maximum Gasteiger partial charge on any atom is 0.150 e. The third kappa shape index (κ3) is 2.93. The predicted molar refractivity (Wildman–Crippen MR) is 79.8 cm³/mol. The van der Waals surface area contributed by atoms with Crippen LogP contribution in [0.5, 0.6) is 0 Å². The fourth-order valence-corrected chi connectivity index (χ4v) is 2.30. The Labute approximate surface area is 122 Å². The molecule has 0 saturated heterocycles. The van der Waals surface area contributed by atoms with Crippen molar-refractivity contribution in [1.82, 2.24) is 0 Å². The summed E-state index contributed by atoms with van der Waals surface area (Å²) in [6.45, 7) is 4.29. The van der Waals surface area contributed by atoms with Gasteiger partial charge < -0.3 is 4.90 Å². The molecule has 0 aliphatic rings. The maximum atomic E-state index is 14.2. The van der Waals surface area contributed by atoms with E-state index in [9.17, 15) is 8.78 Å². The van der Waals surface area contributed by atoms with Crippen LogP contribution in [0, 0.1) is 18.6 Å². The van der Waals surface area contributed by atoms with E-state index in [4.69, 9.17) is 11.6 Å². The largest absolute Gasteiger partial charge is 0.337 e. The van der Waals surface area contributed by atoms with Gasteiger partial charge in [0.15, 0.2) is 0 Å². The molecule has 20 heavy (non-hydrogen) atoms. The molecule has 0 radical (unpaired) electrons. The second-order valence-electron chi connectivity index (χ2n) is 4.62. The fourth-order valence-electron chi connectivity index (χ4n) is 2.15. The molecule has 0 unspecified atom stereocenters. The lowest BCUT2D eigenvalue weighted by Gasteiger charge is -2.24. The van der Waals surface area contributed by atoms with Crippen LogP contribution in [0.25, 0.3) is 0 Å². The molecule has 106 valence electrons. The lowest BCUT2D eigenvalue weighted by Crippen LogP contribution is -2.19. The van der Waals surface area contributed by atoms with Crippen LogP contribution < -0.4 is 4.90 Å². The molecule has 2 rings (SSSR count). The molecule has 0 aliphatic carbocycles. The van der Waals surface area contributed by atoms with Gasteiger partial charge in [-0.2, -0.15) is 0 Å². The average molecular weight is 296 g/mol. The molecule has 2 aromatic carbocycles. The third-order valence-electron chi connectivity index (χ3n) is 3.16. The molecular formula is C16H16ClF2N. The van der Waals surface area contributed by atoms with Crippen molar-refractivity contribution in [3.63, 3.8) is 0 Å². The van der Waals surface area contributed by atoms with Crippen LogP contribution in [0.1, 0.15) is 18.1 Å². The Hall–Kier alpha value is -1.61. The lowest BCUT2D eigenvalue weighted by molar-refractivity contribution is 0.579. The quantitative estimate of drug-likeness (QED) is 0.703. The first-order valence-electron chi connectivity index (χ1n) is 6.45. The molecule has 4 heteroatoms. The highest BCUT2D eigenvalue weighted by Gasteiger charge is 2.18. The maximum absolute atomic E-state index is 14.2. The van der Waals surface area contributed by atoms with E-state index < -0.39 is 11.6 Å².